The zero-order valence-electron chi connectivity index (χ0n) is 5.04. The molecule has 0 aromatic heterocycles. The van der Waals surface area contributed by atoms with Crippen LogP contribution < -0.4 is 0 Å². The Kier molecular flexibility index (Phi) is 6.69. The van der Waals surface area contributed by atoms with Crippen molar-refractivity contribution in [2.24, 2.45) is 0 Å². The first kappa shape index (κ1) is 9.33. The first-order valence-electron chi connectivity index (χ1n) is 2.82. The second-order valence-electron chi connectivity index (χ2n) is 1.70. The third kappa shape index (κ3) is 6.21. The number of rotatable bonds is 4. The molecule has 0 saturated carbocycles. The second kappa shape index (κ2) is 6.45. The van der Waals surface area contributed by atoms with Crippen molar-refractivity contribution in [2.45, 2.75) is 19.3 Å². The van der Waals surface area contributed by atoms with E-state index in [4.69, 9.17) is 0 Å². The van der Waals surface area contributed by atoms with Crippen LogP contribution in [0.2, 0.25) is 0 Å². The Labute approximate surface area is 67.5 Å². The van der Waals surface area contributed by atoms with Crippen LogP contribution in [-0.2, 0) is 0 Å². The Hall–Kier alpha value is 0.330. The lowest BCUT2D eigenvalue weighted by Gasteiger charge is -1.91. The van der Waals surface area contributed by atoms with Gasteiger partial charge in [-0.2, -0.15) is 0 Å². The molecule has 0 saturated heterocycles. The minimum absolute atomic E-state index is 0.0349. The van der Waals surface area contributed by atoms with Crippen LogP contribution in [0.15, 0.2) is 12.2 Å². The molecule has 0 aliphatic heterocycles. The van der Waals surface area contributed by atoms with Gasteiger partial charge >= 0.3 is 0 Å². The molecule has 0 heterocycles. The van der Waals surface area contributed by atoms with E-state index in [1.54, 1.807) is 0 Å². The van der Waals surface area contributed by atoms with Crippen molar-refractivity contribution < 1.29 is 8.78 Å². The summed E-state index contributed by atoms with van der Waals surface area (Å²) in [6.07, 6.45) is 1.99. The third-order valence-corrected chi connectivity index (χ3v) is 1.68. The minimum Gasteiger partial charge on any atom is -0.213 e. The zero-order chi connectivity index (χ0) is 7.11. The number of allylic oxidation sites excluding steroid dienone is 1. The Morgan fingerprint density at radius 3 is 2.56 bits per heavy atom. The molecule has 0 rings (SSSR count). The van der Waals surface area contributed by atoms with Gasteiger partial charge in [0.05, 0.1) is 0 Å². The first-order chi connectivity index (χ1) is 4.31. The molecular weight excluding hydrogens is 237 g/mol. The molecule has 0 fully saturated rings. The van der Waals surface area contributed by atoms with E-state index in [0.717, 1.165) is 17.3 Å². The second-order valence-corrected chi connectivity index (χ2v) is 2.78. The van der Waals surface area contributed by atoms with E-state index < -0.39 is 5.83 Å². The Morgan fingerprint density at radius 1 is 1.44 bits per heavy atom. The Morgan fingerprint density at radius 2 is 2.11 bits per heavy atom. The van der Waals surface area contributed by atoms with Gasteiger partial charge in [-0.15, -0.1) is 0 Å². The van der Waals surface area contributed by atoms with E-state index in [9.17, 15) is 8.78 Å². The summed E-state index contributed by atoms with van der Waals surface area (Å²) in [4.78, 5) is 0. The molecular formula is C6H9F2I. The molecule has 0 radical (unpaired) electrons. The summed E-state index contributed by atoms with van der Waals surface area (Å²) in [6.45, 7) is 0. The van der Waals surface area contributed by atoms with E-state index >= 15 is 0 Å². The van der Waals surface area contributed by atoms with Gasteiger partial charge in [0.15, 0.2) is 0 Å². The number of halogens is 3. The van der Waals surface area contributed by atoms with Crippen LogP contribution in [0.5, 0.6) is 0 Å². The van der Waals surface area contributed by atoms with Crippen LogP contribution in [-0.4, -0.2) is 4.43 Å². The highest BCUT2D eigenvalue weighted by atomic mass is 127. The fraction of sp³-hybridized carbons (Fsp3) is 0.667. The average molecular weight is 246 g/mol. The van der Waals surface area contributed by atoms with Gasteiger partial charge in [-0.3, -0.25) is 0 Å². The van der Waals surface area contributed by atoms with Crippen LogP contribution in [0, 0.1) is 0 Å². The quantitative estimate of drug-likeness (QED) is 0.405. The molecule has 0 atom stereocenters. The third-order valence-electron chi connectivity index (χ3n) is 0.918. The van der Waals surface area contributed by atoms with Gasteiger partial charge in [0.2, 0.25) is 0 Å². The minimum atomic E-state index is -0.639. The Bertz CT molecular complexity index is 91.1. The molecule has 3 heteroatoms. The topological polar surface area (TPSA) is 0 Å². The van der Waals surface area contributed by atoms with Gasteiger partial charge in [0.25, 0.3) is 0 Å². The summed E-state index contributed by atoms with van der Waals surface area (Å²) < 4.78 is 24.2. The van der Waals surface area contributed by atoms with Crippen LogP contribution in [0.3, 0.4) is 0 Å². The van der Waals surface area contributed by atoms with Crippen molar-refractivity contribution in [3.05, 3.63) is 12.2 Å². The van der Waals surface area contributed by atoms with Gasteiger partial charge in [0.1, 0.15) is 12.2 Å². The number of unbranched alkanes of at least 4 members (excludes halogenated alkanes) is 1. The Balaban J connectivity index is 3.07. The molecule has 0 spiro atoms. The first-order valence-corrected chi connectivity index (χ1v) is 4.34. The predicted octanol–water partition coefficient (Wildman–Crippen LogP) is 3.37. The van der Waals surface area contributed by atoms with Gasteiger partial charge in [-0.1, -0.05) is 22.6 Å². The molecule has 54 valence electrons. The van der Waals surface area contributed by atoms with Gasteiger partial charge in [-0.25, -0.2) is 8.78 Å². The number of hydrogen-bond acceptors (Lipinski definition) is 0. The van der Waals surface area contributed by atoms with Crippen molar-refractivity contribution in [3.8, 4) is 0 Å². The number of alkyl halides is 1. The summed E-state index contributed by atoms with van der Waals surface area (Å²) in [5.74, 6) is -0.639. The van der Waals surface area contributed by atoms with Gasteiger partial charge < -0.3 is 0 Å². The van der Waals surface area contributed by atoms with Crippen molar-refractivity contribution in [1.29, 1.82) is 0 Å². The van der Waals surface area contributed by atoms with E-state index in [0.29, 0.717) is 0 Å². The maximum absolute atomic E-state index is 11.9. The van der Waals surface area contributed by atoms with Crippen LogP contribution in [0.4, 0.5) is 8.78 Å². The highest BCUT2D eigenvalue weighted by Gasteiger charge is 1.92. The lowest BCUT2D eigenvalue weighted by Crippen LogP contribution is -1.77. The molecule has 0 N–H and O–H groups in total. The molecule has 0 nitrogen and oxygen atoms in total. The molecule has 0 aromatic carbocycles. The molecule has 0 aliphatic carbocycles. The summed E-state index contributed by atoms with van der Waals surface area (Å²) in [6, 6.07) is 0. The smallest absolute Gasteiger partial charge is 0.128 e. The lowest BCUT2D eigenvalue weighted by atomic mass is 10.2. The van der Waals surface area contributed by atoms with E-state index in [1.807, 2.05) is 0 Å². The van der Waals surface area contributed by atoms with Crippen LogP contribution >= 0.6 is 22.6 Å². The van der Waals surface area contributed by atoms with E-state index in [-0.39, 0.29) is 12.8 Å². The maximum atomic E-state index is 11.9. The fourth-order valence-electron chi connectivity index (χ4n) is 0.443. The van der Waals surface area contributed by atoms with Crippen molar-refractivity contribution >= 4 is 22.6 Å². The SMILES string of the molecule is F/C=C(\F)CCCCI. The lowest BCUT2D eigenvalue weighted by molar-refractivity contribution is 0.535. The summed E-state index contributed by atoms with van der Waals surface area (Å²) in [7, 11) is 0. The standard InChI is InChI=1S/C6H9F2I/c7-5-6(8)3-1-2-4-9/h5H,1-4H2/b6-5-. The summed E-state index contributed by atoms with van der Waals surface area (Å²) >= 11 is 2.21. The highest BCUT2D eigenvalue weighted by Crippen LogP contribution is 2.09. The van der Waals surface area contributed by atoms with Gasteiger partial charge in [0, 0.05) is 6.42 Å². The van der Waals surface area contributed by atoms with E-state index in [1.165, 1.54) is 0 Å². The van der Waals surface area contributed by atoms with Crippen molar-refractivity contribution in [3.63, 3.8) is 0 Å². The predicted molar refractivity (Wildman–Crippen MR) is 43.0 cm³/mol. The average Bonchev–Trinajstić information content (AvgIpc) is 1.89. The van der Waals surface area contributed by atoms with Gasteiger partial charge in [-0.05, 0) is 17.3 Å². The highest BCUT2D eigenvalue weighted by molar-refractivity contribution is 14.1. The monoisotopic (exact) mass is 246 g/mol. The van der Waals surface area contributed by atoms with Crippen LogP contribution in [0.1, 0.15) is 19.3 Å². The van der Waals surface area contributed by atoms with Crippen molar-refractivity contribution in [2.75, 3.05) is 4.43 Å². The van der Waals surface area contributed by atoms with Crippen molar-refractivity contribution in [1.82, 2.24) is 0 Å². The largest absolute Gasteiger partial charge is 0.213 e. The molecule has 0 amide bonds. The zero-order valence-corrected chi connectivity index (χ0v) is 7.20. The van der Waals surface area contributed by atoms with E-state index in [2.05, 4.69) is 22.6 Å². The van der Waals surface area contributed by atoms with Crippen LogP contribution in [0.25, 0.3) is 0 Å². The molecule has 0 bridgehead atoms. The molecule has 0 aliphatic rings. The molecule has 0 aromatic rings. The molecule has 9 heavy (non-hydrogen) atoms. The fourth-order valence-corrected chi connectivity index (χ4v) is 0.982. The molecule has 0 unspecified atom stereocenters. The normalized spacial score (nSPS) is 12.1. The summed E-state index contributed by atoms with van der Waals surface area (Å²) in [5, 5.41) is 0. The maximum Gasteiger partial charge on any atom is 0.128 e. The number of hydrogen-bond donors (Lipinski definition) is 0. The summed E-state index contributed by atoms with van der Waals surface area (Å²) in [5.41, 5.74) is 0.